The van der Waals surface area contributed by atoms with Gasteiger partial charge in [0, 0.05) is 22.8 Å². The lowest BCUT2D eigenvalue weighted by molar-refractivity contribution is -0.173. The average Bonchev–Trinajstić information content (AvgIpc) is 2.69. The van der Waals surface area contributed by atoms with E-state index in [9.17, 15) is 21.6 Å². The Morgan fingerprint density at radius 2 is 2.05 bits per heavy atom. The Bertz CT molecular complexity index is 556. The highest BCUT2D eigenvalue weighted by molar-refractivity contribution is 7.89. The van der Waals surface area contributed by atoms with E-state index in [0.717, 1.165) is 4.88 Å². The number of halogens is 3. The molecule has 0 amide bonds. The molecule has 1 rings (SSSR count). The molecular formula is C11H17F3N2O3S2. The zero-order valence-electron chi connectivity index (χ0n) is 11.6. The Labute approximate surface area is 125 Å². The van der Waals surface area contributed by atoms with E-state index in [1.54, 1.807) is 20.0 Å². The molecule has 0 spiro atoms. The van der Waals surface area contributed by atoms with Crippen molar-refractivity contribution in [3.8, 4) is 0 Å². The molecule has 1 aromatic rings. The van der Waals surface area contributed by atoms with E-state index < -0.39 is 22.8 Å². The first-order valence-corrected chi connectivity index (χ1v) is 8.34. The highest BCUT2D eigenvalue weighted by atomic mass is 32.2. The molecule has 1 aromatic heterocycles. The van der Waals surface area contributed by atoms with Crippen LogP contribution in [0.15, 0.2) is 11.0 Å². The van der Waals surface area contributed by atoms with Crippen molar-refractivity contribution in [1.82, 2.24) is 10.0 Å². The number of sulfonamides is 1. The summed E-state index contributed by atoms with van der Waals surface area (Å²) in [4.78, 5) is 1.64. The maximum atomic E-state index is 12.0. The van der Waals surface area contributed by atoms with Crippen molar-refractivity contribution in [1.29, 1.82) is 0 Å². The first-order chi connectivity index (χ1) is 9.65. The van der Waals surface area contributed by atoms with Crippen molar-refractivity contribution in [2.75, 3.05) is 26.8 Å². The van der Waals surface area contributed by atoms with Gasteiger partial charge in [0.05, 0.1) is 11.5 Å². The van der Waals surface area contributed by atoms with Gasteiger partial charge in [-0.25, -0.2) is 13.1 Å². The normalized spacial score (nSPS) is 12.8. The van der Waals surface area contributed by atoms with Gasteiger partial charge in [0.1, 0.15) is 6.61 Å². The number of thiophene rings is 1. The number of nitrogens with one attached hydrogen (secondary N) is 2. The van der Waals surface area contributed by atoms with Crippen LogP contribution in [0.25, 0.3) is 0 Å². The standard InChI is InChI=1S/C11H17F3N2O3S2/c1-8-10(5-9(20-8)6-15-2)21(17,18)16-3-4-19-7-11(12,13)14/h5,15-16H,3-4,6-7H2,1-2H3. The largest absolute Gasteiger partial charge is 0.411 e. The van der Waals surface area contributed by atoms with Crippen molar-refractivity contribution >= 4 is 21.4 Å². The van der Waals surface area contributed by atoms with E-state index in [1.807, 2.05) is 0 Å². The molecule has 0 saturated heterocycles. The zero-order chi connectivity index (χ0) is 16.1. The second-order valence-corrected chi connectivity index (χ2v) is 7.31. The molecule has 0 saturated carbocycles. The minimum atomic E-state index is -4.41. The van der Waals surface area contributed by atoms with Gasteiger partial charge in [0.2, 0.25) is 10.0 Å². The molecule has 0 aromatic carbocycles. The number of alkyl halides is 3. The van der Waals surface area contributed by atoms with Gasteiger partial charge in [0.25, 0.3) is 0 Å². The van der Waals surface area contributed by atoms with Crippen LogP contribution >= 0.6 is 11.3 Å². The molecule has 0 radical (unpaired) electrons. The van der Waals surface area contributed by atoms with E-state index in [1.165, 1.54) is 11.3 Å². The van der Waals surface area contributed by atoms with Crippen molar-refractivity contribution in [3.63, 3.8) is 0 Å². The SMILES string of the molecule is CNCc1cc(S(=O)(=O)NCCOCC(F)(F)F)c(C)s1. The van der Waals surface area contributed by atoms with E-state index >= 15 is 0 Å². The van der Waals surface area contributed by atoms with Crippen molar-refractivity contribution in [3.05, 3.63) is 15.8 Å². The molecule has 0 unspecified atom stereocenters. The van der Waals surface area contributed by atoms with Crippen LogP contribution in [0, 0.1) is 6.92 Å². The van der Waals surface area contributed by atoms with Crippen molar-refractivity contribution in [2.45, 2.75) is 24.5 Å². The highest BCUT2D eigenvalue weighted by Crippen LogP contribution is 2.25. The lowest BCUT2D eigenvalue weighted by atomic mass is 10.4. The summed E-state index contributed by atoms with van der Waals surface area (Å²) >= 11 is 1.35. The van der Waals surface area contributed by atoms with Crippen LogP contribution in [0.2, 0.25) is 0 Å². The van der Waals surface area contributed by atoms with Crippen LogP contribution in [-0.2, 0) is 21.3 Å². The van der Waals surface area contributed by atoms with E-state index in [2.05, 4.69) is 14.8 Å². The van der Waals surface area contributed by atoms with Crippen LogP contribution < -0.4 is 10.0 Å². The molecule has 122 valence electrons. The predicted molar refractivity (Wildman–Crippen MR) is 73.9 cm³/mol. The average molecular weight is 346 g/mol. The number of aryl methyl sites for hydroxylation is 1. The van der Waals surface area contributed by atoms with E-state index in [4.69, 9.17) is 0 Å². The molecule has 0 fully saturated rings. The zero-order valence-corrected chi connectivity index (χ0v) is 13.2. The summed E-state index contributed by atoms with van der Waals surface area (Å²) in [7, 11) is -1.98. The minimum Gasteiger partial charge on any atom is -0.371 e. The van der Waals surface area contributed by atoms with Gasteiger partial charge in [-0.3, -0.25) is 0 Å². The molecule has 0 bridgehead atoms. The van der Waals surface area contributed by atoms with Crippen LogP contribution in [0.1, 0.15) is 9.75 Å². The van der Waals surface area contributed by atoms with Gasteiger partial charge < -0.3 is 10.1 Å². The van der Waals surface area contributed by atoms with E-state index in [-0.39, 0.29) is 18.0 Å². The fourth-order valence-corrected chi connectivity index (χ4v) is 4.22. The number of hydrogen-bond acceptors (Lipinski definition) is 5. The van der Waals surface area contributed by atoms with Gasteiger partial charge >= 0.3 is 6.18 Å². The maximum absolute atomic E-state index is 12.0. The molecule has 10 heteroatoms. The Morgan fingerprint density at radius 1 is 1.38 bits per heavy atom. The highest BCUT2D eigenvalue weighted by Gasteiger charge is 2.27. The molecular weight excluding hydrogens is 329 g/mol. The Balaban J connectivity index is 2.54. The molecule has 21 heavy (non-hydrogen) atoms. The predicted octanol–water partition coefficient (Wildman–Crippen LogP) is 1.63. The van der Waals surface area contributed by atoms with Crippen molar-refractivity contribution < 1.29 is 26.3 Å². The third-order valence-corrected chi connectivity index (χ3v) is 5.13. The van der Waals surface area contributed by atoms with E-state index in [0.29, 0.717) is 11.4 Å². The van der Waals surface area contributed by atoms with Crippen LogP contribution in [0.5, 0.6) is 0 Å². The number of ether oxygens (including phenoxy) is 1. The number of rotatable bonds is 8. The Kier molecular flexibility index (Phi) is 6.60. The van der Waals surface area contributed by atoms with Gasteiger partial charge in [-0.15, -0.1) is 11.3 Å². The van der Waals surface area contributed by atoms with Crippen LogP contribution in [-0.4, -0.2) is 41.4 Å². The smallest absolute Gasteiger partial charge is 0.371 e. The second kappa shape index (κ2) is 7.54. The summed E-state index contributed by atoms with van der Waals surface area (Å²) in [6, 6.07) is 1.55. The topological polar surface area (TPSA) is 67.4 Å². The molecule has 0 aliphatic heterocycles. The van der Waals surface area contributed by atoms with Crippen molar-refractivity contribution in [2.24, 2.45) is 0 Å². The van der Waals surface area contributed by atoms with Gasteiger partial charge in [0.15, 0.2) is 0 Å². The summed E-state index contributed by atoms with van der Waals surface area (Å²) in [5.74, 6) is 0. The molecule has 1 heterocycles. The lowest BCUT2D eigenvalue weighted by Crippen LogP contribution is -2.29. The molecule has 0 aliphatic carbocycles. The minimum absolute atomic E-state index is 0.147. The van der Waals surface area contributed by atoms with Gasteiger partial charge in [-0.2, -0.15) is 13.2 Å². The summed E-state index contributed by atoms with van der Waals surface area (Å²) in [6.45, 7) is 0.285. The third kappa shape index (κ3) is 6.30. The number of hydrogen-bond donors (Lipinski definition) is 2. The fraction of sp³-hybridized carbons (Fsp3) is 0.636. The van der Waals surface area contributed by atoms with Crippen LogP contribution in [0.4, 0.5) is 13.2 Å². The monoisotopic (exact) mass is 346 g/mol. The maximum Gasteiger partial charge on any atom is 0.411 e. The molecule has 0 atom stereocenters. The summed E-state index contributed by atoms with van der Waals surface area (Å²) in [5.41, 5.74) is 0. The quantitative estimate of drug-likeness (QED) is 0.702. The molecule has 0 aliphatic rings. The van der Waals surface area contributed by atoms with Gasteiger partial charge in [-0.05, 0) is 20.0 Å². The Hall–Kier alpha value is -0.680. The molecule has 5 nitrogen and oxygen atoms in total. The Morgan fingerprint density at radius 3 is 2.62 bits per heavy atom. The first-order valence-electron chi connectivity index (χ1n) is 6.04. The summed E-state index contributed by atoms with van der Waals surface area (Å²) in [5, 5.41) is 2.92. The summed E-state index contributed by atoms with van der Waals surface area (Å²) < 4.78 is 66.1. The second-order valence-electron chi connectivity index (χ2n) is 4.23. The molecule has 2 N–H and O–H groups in total. The van der Waals surface area contributed by atoms with Crippen LogP contribution in [0.3, 0.4) is 0 Å². The lowest BCUT2D eigenvalue weighted by Gasteiger charge is -2.09. The summed E-state index contributed by atoms with van der Waals surface area (Å²) in [6.07, 6.45) is -4.41. The third-order valence-electron chi connectivity index (χ3n) is 2.37. The fourth-order valence-electron chi connectivity index (χ4n) is 1.57. The first kappa shape index (κ1) is 18.4. The van der Waals surface area contributed by atoms with Gasteiger partial charge in [-0.1, -0.05) is 0 Å².